The fourth-order valence-corrected chi connectivity index (χ4v) is 6.76. The van der Waals surface area contributed by atoms with Gasteiger partial charge in [-0.1, -0.05) is 18.2 Å². The third kappa shape index (κ3) is 3.49. The van der Waals surface area contributed by atoms with Gasteiger partial charge in [0.05, 0.1) is 15.0 Å². The van der Waals surface area contributed by atoms with Crippen LogP contribution in [0.15, 0.2) is 58.3 Å². The van der Waals surface area contributed by atoms with E-state index in [-0.39, 0.29) is 35.7 Å². The largest absolute Gasteiger partial charge is 0.486 e. The first-order chi connectivity index (χ1) is 13.4. The monoisotopic (exact) mass is 423 g/mol. The van der Waals surface area contributed by atoms with Gasteiger partial charge in [0.25, 0.3) is 0 Å². The highest BCUT2D eigenvalue weighted by atomic mass is 32.2. The van der Waals surface area contributed by atoms with E-state index in [1.807, 2.05) is 0 Å². The van der Waals surface area contributed by atoms with E-state index in [0.29, 0.717) is 24.7 Å². The van der Waals surface area contributed by atoms with Crippen molar-refractivity contribution in [3.05, 3.63) is 48.5 Å². The Bertz CT molecular complexity index is 1060. The summed E-state index contributed by atoms with van der Waals surface area (Å²) in [6.07, 6.45) is 0.530. The SMILES string of the molecule is O=S(=O)(c1ccccc1)C1CCN(S(=O)(=O)c2ccc3c(c2)OCCO3)CC1. The fourth-order valence-electron chi connectivity index (χ4n) is 3.52. The van der Waals surface area contributed by atoms with Gasteiger partial charge in [-0.3, -0.25) is 0 Å². The van der Waals surface area contributed by atoms with Gasteiger partial charge in [-0.15, -0.1) is 0 Å². The number of nitrogens with zero attached hydrogens (tertiary/aromatic N) is 1. The Balaban J connectivity index is 1.50. The van der Waals surface area contributed by atoms with E-state index in [1.54, 1.807) is 36.4 Å². The average molecular weight is 424 g/mol. The molecule has 28 heavy (non-hydrogen) atoms. The maximum absolute atomic E-state index is 13.0. The van der Waals surface area contributed by atoms with Crippen LogP contribution in [-0.4, -0.2) is 52.7 Å². The zero-order chi connectivity index (χ0) is 19.8. The summed E-state index contributed by atoms with van der Waals surface area (Å²) in [5.41, 5.74) is 0. The lowest BCUT2D eigenvalue weighted by molar-refractivity contribution is 0.171. The molecule has 0 amide bonds. The number of piperidine rings is 1. The van der Waals surface area contributed by atoms with Crippen molar-refractivity contribution in [1.29, 1.82) is 0 Å². The Morgan fingerprint density at radius 2 is 1.43 bits per heavy atom. The zero-order valence-electron chi connectivity index (χ0n) is 15.2. The van der Waals surface area contributed by atoms with Gasteiger partial charge in [0.2, 0.25) is 10.0 Å². The molecule has 4 rings (SSSR count). The number of fused-ring (bicyclic) bond motifs is 1. The molecule has 0 N–H and O–H groups in total. The van der Waals surface area contributed by atoms with Crippen molar-refractivity contribution < 1.29 is 26.3 Å². The van der Waals surface area contributed by atoms with Crippen LogP contribution in [0.4, 0.5) is 0 Å². The molecule has 0 radical (unpaired) electrons. The third-order valence-corrected chi connectivity index (χ3v) is 9.24. The average Bonchev–Trinajstić information content (AvgIpc) is 2.74. The Kier molecular flexibility index (Phi) is 5.07. The molecule has 0 unspecified atom stereocenters. The summed E-state index contributed by atoms with van der Waals surface area (Å²) in [6, 6.07) is 12.9. The van der Waals surface area contributed by atoms with Crippen LogP contribution in [0.5, 0.6) is 11.5 Å². The predicted molar refractivity (Wildman–Crippen MR) is 103 cm³/mol. The molecule has 1 saturated heterocycles. The number of rotatable bonds is 4. The first-order valence-electron chi connectivity index (χ1n) is 9.08. The second kappa shape index (κ2) is 7.38. The minimum absolute atomic E-state index is 0.126. The van der Waals surface area contributed by atoms with Crippen molar-refractivity contribution in [3.8, 4) is 11.5 Å². The van der Waals surface area contributed by atoms with E-state index in [2.05, 4.69) is 0 Å². The Hall–Kier alpha value is -2.10. The van der Waals surface area contributed by atoms with E-state index < -0.39 is 25.1 Å². The quantitative estimate of drug-likeness (QED) is 0.748. The Morgan fingerprint density at radius 3 is 2.11 bits per heavy atom. The molecule has 0 aromatic heterocycles. The van der Waals surface area contributed by atoms with Crippen LogP contribution >= 0.6 is 0 Å². The first-order valence-corrected chi connectivity index (χ1v) is 12.1. The van der Waals surface area contributed by atoms with E-state index in [4.69, 9.17) is 9.47 Å². The van der Waals surface area contributed by atoms with Crippen molar-refractivity contribution in [1.82, 2.24) is 4.31 Å². The highest BCUT2D eigenvalue weighted by Gasteiger charge is 2.36. The lowest BCUT2D eigenvalue weighted by Crippen LogP contribution is -2.42. The maximum atomic E-state index is 13.0. The van der Waals surface area contributed by atoms with Gasteiger partial charge in [0.15, 0.2) is 21.3 Å². The van der Waals surface area contributed by atoms with Crippen molar-refractivity contribution in [2.24, 2.45) is 0 Å². The lowest BCUT2D eigenvalue weighted by Gasteiger charge is -2.31. The van der Waals surface area contributed by atoms with E-state index in [0.717, 1.165) is 0 Å². The minimum atomic E-state index is -3.73. The molecular formula is C19H21NO6S2. The molecule has 2 aliphatic heterocycles. The summed E-state index contributed by atoms with van der Waals surface area (Å²) in [5.74, 6) is 0.937. The molecular weight excluding hydrogens is 402 g/mol. The fraction of sp³-hybridized carbons (Fsp3) is 0.368. The van der Waals surface area contributed by atoms with Crippen molar-refractivity contribution in [2.75, 3.05) is 26.3 Å². The van der Waals surface area contributed by atoms with E-state index in [9.17, 15) is 16.8 Å². The topological polar surface area (TPSA) is 90.0 Å². The highest BCUT2D eigenvalue weighted by molar-refractivity contribution is 7.92. The number of ether oxygens (including phenoxy) is 2. The van der Waals surface area contributed by atoms with Gasteiger partial charge in [-0.25, -0.2) is 16.8 Å². The Labute approximate surface area is 164 Å². The van der Waals surface area contributed by atoms with E-state index >= 15 is 0 Å². The molecule has 2 aliphatic rings. The van der Waals surface area contributed by atoms with Gasteiger partial charge < -0.3 is 9.47 Å². The van der Waals surface area contributed by atoms with Crippen molar-refractivity contribution >= 4 is 19.9 Å². The Morgan fingerprint density at radius 1 is 0.786 bits per heavy atom. The van der Waals surface area contributed by atoms with Crippen molar-refractivity contribution in [2.45, 2.75) is 27.9 Å². The molecule has 0 spiro atoms. The predicted octanol–water partition coefficient (Wildman–Crippen LogP) is 2.08. The van der Waals surface area contributed by atoms with Crippen LogP contribution < -0.4 is 9.47 Å². The summed E-state index contributed by atoms with van der Waals surface area (Å²) in [7, 11) is -7.19. The normalized spacial score (nSPS) is 18.7. The molecule has 0 atom stereocenters. The second-order valence-corrected chi connectivity index (χ2v) is 10.9. The van der Waals surface area contributed by atoms with Crippen LogP contribution in [0.25, 0.3) is 0 Å². The molecule has 7 nitrogen and oxygen atoms in total. The summed E-state index contributed by atoms with van der Waals surface area (Å²) >= 11 is 0. The van der Waals surface area contributed by atoms with Crippen LogP contribution in [0.3, 0.4) is 0 Å². The zero-order valence-corrected chi connectivity index (χ0v) is 16.8. The molecule has 1 fully saturated rings. The first kappa shape index (κ1) is 19.2. The van der Waals surface area contributed by atoms with Crippen molar-refractivity contribution in [3.63, 3.8) is 0 Å². The van der Waals surface area contributed by atoms with Crippen LogP contribution in [-0.2, 0) is 19.9 Å². The summed E-state index contributed by atoms with van der Waals surface area (Å²) in [4.78, 5) is 0.407. The third-order valence-electron chi connectivity index (χ3n) is 5.06. The van der Waals surface area contributed by atoms with Gasteiger partial charge >= 0.3 is 0 Å². The summed E-state index contributed by atoms with van der Waals surface area (Å²) in [6.45, 7) is 1.13. The number of hydrogen-bond acceptors (Lipinski definition) is 6. The standard InChI is InChI=1S/C19H21NO6S2/c21-27(22,15-4-2-1-3-5-15)16-8-10-20(11-9-16)28(23,24)17-6-7-18-19(14-17)26-13-12-25-18/h1-7,14,16H,8-13H2. The molecule has 2 heterocycles. The molecule has 0 bridgehead atoms. The number of benzene rings is 2. The second-order valence-electron chi connectivity index (χ2n) is 6.77. The van der Waals surface area contributed by atoms with Gasteiger partial charge in [-0.05, 0) is 37.1 Å². The molecule has 2 aromatic rings. The van der Waals surface area contributed by atoms with Crippen LogP contribution in [0, 0.1) is 0 Å². The van der Waals surface area contributed by atoms with Gasteiger partial charge in [0.1, 0.15) is 13.2 Å². The van der Waals surface area contributed by atoms with Gasteiger partial charge in [-0.2, -0.15) is 4.31 Å². The molecule has 0 saturated carbocycles. The number of sulfone groups is 1. The smallest absolute Gasteiger partial charge is 0.243 e. The lowest BCUT2D eigenvalue weighted by atomic mass is 10.2. The summed E-state index contributed by atoms with van der Waals surface area (Å²) < 4.78 is 63.8. The highest BCUT2D eigenvalue weighted by Crippen LogP contribution is 2.34. The maximum Gasteiger partial charge on any atom is 0.243 e. The number of sulfonamides is 1. The van der Waals surface area contributed by atoms with E-state index in [1.165, 1.54) is 16.4 Å². The molecule has 0 aliphatic carbocycles. The van der Waals surface area contributed by atoms with Crippen LogP contribution in [0.1, 0.15) is 12.8 Å². The molecule has 9 heteroatoms. The summed E-state index contributed by atoms with van der Waals surface area (Å²) in [5, 5.41) is -0.582. The minimum Gasteiger partial charge on any atom is -0.486 e. The molecule has 150 valence electrons. The number of hydrogen-bond donors (Lipinski definition) is 0. The molecule has 2 aromatic carbocycles. The van der Waals surface area contributed by atoms with Crippen LogP contribution in [0.2, 0.25) is 0 Å². The van der Waals surface area contributed by atoms with Gasteiger partial charge in [0, 0.05) is 19.2 Å².